The van der Waals surface area contributed by atoms with Gasteiger partial charge < -0.3 is 4.74 Å². The Morgan fingerprint density at radius 3 is 2.61 bits per heavy atom. The number of ether oxygens (including phenoxy) is 1. The Bertz CT molecular complexity index is 1660. The van der Waals surface area contributed by atoms with E-state index >= 15 is 0 Å². The molecule has 0 aliphatic rings. The molecule has 5 rings (SSSR count). The van der Waals surface area contributed by atoms with E-state index < -0.39 is 5.91 Å². The summed E-state index contributed by atoms with van der Waals surface area (Å²) < 4.78 is 5.43. The van der Waals surface area contributed by atoms with Crippen molar-refractivity contribution in [3.05, 3.63) is 77.0 Å². The molecule has 0 aliphatic carbocycles. The smallest absolute Gasteiger partial charge is 0.259 e. The average Bonchev–Trinajstić information content (AvgIpc) is 3.30. The molecule has 5 aromatic rings. The second kappa shape index (κ2) is 9.65. The minimum atomic E-state index is -0.424. The van der Waals surface area contributed by atoms with E-state index in [0.29, 0.717) is 48.9 Å². The molecule has 1 amide bonds. The molecule has 0 saturated heterocycles. The Hall–Kier alpha value is -4.46. The summed E-state index contributed by atoms with van der Waals surface area (Å²) in [5, 5.41) is 13.1. The van der Waals surface area contributed by atoms with E-state index in [-0.39, 0.29) is 11.3 Å². The van der Waals surface area contributed by atoms with E-state index in [1.165, 1.54) is 30.8 Å². The Kier molecular flexibility index (Phi) is 6.25. The van der Waals surface area contributed by atoms with E-state index in [4.69, 9.17) is 16.3 Å². The number of pyridine rings is 2. The number of aryl methyl sites for hydroxylation is 1. The lowest BCUT2D eigenvalue weighted by atomic mass is 9.99. The fourth-order valence-electron chi connectivity index (χ4n) is 3.54. The van der Waals surface area contributed by atoms with Crippen LogP contribution in [0.5, 0.6) is 5.75 Å². The number of benzene rings is 1. The first kappa shape index (κ1) is 23.3. The highest BCUT2D eigenvalue weighted by atomic mass is 35.5. The second-order valence-electron chi connectivity index (χ2n) is 7.62. The monoisotopic (exact) mass is 513 g/mol. The van der Waals surface area contributed by atoms with E-state index in [2.05, 4.69) is 30.2 Å². The van der Waals surface area contributed by atoms with Gasteiger partial charge in [0.1, 0.15) is 17.5 Å². The van der Waals surface area contributed by atoms with E-state index in [1.54, 1.807) is 30.5 Å². The first-order valence-corrected chi connectivity index (χ1v) is 11.8. The first-order valence-electron chi connectivity index (χ1n) is 10.6. The summed E-state index contributed by atoms with van der Waals surface area (Å²) in [6.07, 6.45) is 4.56. The van der Waals surface area contributed by atoms with Crippen molar-refractivity contribution in [1.82, 2.24) is 24.9 Å². The molecule has 36 heavy (non-hydrogen) atoms. The third kappa shape index (κ3) is 4.57. The van der Waals surface area contributed by atoms with Crippen LogP contribution in [-0.2, 0) is 0 Å². The molecule has 11 heteroatoms. The summed E-state index contributed by atoms with van der Waals surface area (Å²) in [7, 11) is 1.50. The number of rotatable bonds is 5. The maximum Gasteiger partial charge on any atom is 0.259 e. The molecule has 9 nitrogen and oxygen atoms in total. The van der Waals surface area contributed by atoms with Crippen molar-refractivity contribution in [2.24, 2.45) is 0 Å². The van der Waals surface area contributed by atoms with Crippen molar-refractivity contribution in [3.63, 3.8) is 0 Å². The molecule has 1 N–H and O–H groups in total. The zero-order valence-electron chi connectivity index (χ0n) is 19.0. The lowest BCUT2D eigenvalue weighted by Crippen LogP contribution is -2.14. The molecule has 0 unspecified atom stereocenters. The molecule has 0 saturated carbocycles. The summed E-state index contributed by atoms with van der Waals surface area (Å²) in [6.45, 7) is 1.81. The zero-order chi connectivity index (χ0) is 25.2. The molecule has 0 bridgehead atoms. The SMILES string of the molecule is COc1cnc(C#N)cc1-c1cc(C)ncc1C(=O)Nc1nc2ncc(-c3ccc(Cl)cc3)nc2s1. The molecule has 1 aromatic carbocycles. The lowest BCUT2D eigenvalue weighted by Gasteiger charge is -2.13. The van der Waals surface area contributed by atoms with Gasteiger partial charge in [-0.3, -0.25) is 15.1 Å². The van der Waals surface area contributed by atoms with Crippen LogP contribution in [0.3, 0.4) is 0 Å². The summed E-state index contributed by atoms with van der Waals surface area (Å²) in [4.78, 5) is 35.6. The third-order valence-electron chi connectivity index (χ3n) is 5.26. The number of amides is 1. The molecule has 0 radical (unpaired) electrons. The number of hydrogen-bond acceptors (Lipinski definition) is 9. The van der Waals surface area contributed by atoms with Crippen LogP contribution in [0.1, 0.15) is 21.7 Å². The van der Waals surface area contributed by atoms with Gasteiger partial charge in [0.05, 0.1) is 30.8 Å². The number of nitrogens with one attached hydrogen (secondary N) is 1. The number of hydrogen-bond donors (Lipinski definition) is 1. The predicted molar refractivity (Wildman–Crippen MR) is 137 cm³/mol. The number of carbonyl (C=O) groups is 1. The Labute approximate surface area is 214 Å². The van der Waals surface area contributed by atoms with Gasteiger partial charge in [0.25, 0.3) is 5.91 Å². The normalized spacial score (nSPS) is 10.7. The number of anilines is 1. The molecular formula is C25H16ClN7O2S. The van der Waals surface area contributed by atoms with Crippen LogP contribution in [0.4, 0.5) is 5.13 Å². The van der Waals surface area contributed by atoms with Gasteiger partial charge in [-0.15, -0.1) is 0 Å². The van der Waals surface area contributed by atoms with E-state index in [9.17, 15) is 10.1 Å². The summed E-state index contributed by atoms with van der Waals surface area (Å²) in [6, 6.07) is 12.6. The van der Waals surface area contributed by atoms with Gasteiger partial charge in [-0.1, -0.05) is 35.1 Å². The highest BCUT2D eigenvalue weighted by molar-refractivity contribution is 7.21. The highest BCUT2D eigenvalue weighted by Gasteiger charge is 2.20. The standard InChI is InChI=1S/C25H16ClN7O2S/c1-13-7-17(18-8-16(9-27)29-12-21(18)35-2)19(10-28-13)23(34)33-25-32-22-24(36-25)31-20(11-30-22)14-3-5-15(26)6-4-14/h3-8,10-12H,1-2H3,(H,30,32,33,34). The van der Waals surface area contributed by atoms with Crippen LogP contribution in [-0.4, -0.2) is 37.9 Å². The molecule has 0 spiro atoms. The van der Waals surface area contributed by atoms with Crippen molar-refractivity contribution < 1.29 is 9.53 Å². The van der Waals surface area contributed by atoms with Crippen LogP contribution >= 0.6 is 22.9 Å². The van der Waals surface area contributed by atoms with Gasteiger partial charge in [0.15, 0.2) is 15.6 Å². The molecule has 176 valence electrons. The van der Waals surface area contributed by atoms with Crippen molar-refractivity contribution in [2.75, 3.05) is 12.4 Å². The number of nitriles is 1. The molecule has 0 fully saturated rings. The Morgan fingerprint density at radius 2 is 1.86 bits per heavy atom. The number of fused-ring (bicyclic) bond motifs is 1. The van der Waals surface area contributed by atoms with Crippen molar-refractivity contribution in [2.45, 2.75) is 6.92 Å². The number of methoxy groups -OCH3 is 1. The van der Waals surface area contributed by atoms with E-state index in [0.717, 1.165) is 5.56 Å². The minimum absolute atomic E-state index is 0.200. The number of nitrogens with zero attached hydrogens (tertiary/aromatic N) is 6. The number of halogens is 1. The van der Waals surface area contributed by atoms with Crippen LogP contribution in [0.2, 0.25) is 5.02 Å². The van der Waals surface area contributed by atoms with Crippen LogP contribution in [0.15, 0.2) is 55.0 Å². The summed E-state index contributed by atoms with van der Waals surface area (Å²) in [5.74, 6) is 0.00335. The molecule has 4 heterocycles. The first-order chi connectivity index (χ1) is 17.4. The van der Waals surface area contributed by atoms with Gasteiger partial charge >= 0.3 is 0 Å². The predicted octanol–water partition coefficient (Wildman–Crippen LogP) is 5.30. The highest BCUT2D eigenvalue weighted by Crippen LogP contribution is 2.34. The van der Waals surface area contributed by atoms with Crippen LogP contribution in [0, 0.1) is 18.3 Å². The maximum absolute atomic E-state index is 13.3. The Balaban J connectivity index is 1.49. The van der Waals surface area contributed by atoms with Gasteiger partial charge in [0, 0.05) is 33.6 Å². The van der Waals surface area contributed by atoms with Crippen molar-refractivity contribution >= 4 is 44.5 Å². The average molecular weight is 514 g/mol. The van der Waals surface area contributed by atoms with Crippen molar-refractivity contribution in [3.8, 4) is 34.2 Å². The van der Waals surface area contributed by atoms with Crippen molar-refractivity contribution in [1.29, 1.82) is 5.26 Å². The Morgan fingerprint density at radius 1 is 1.06 bits per heavy atom. The van der Waals surface area contributed by atoms with Gasteiger partial charge in [-0.05, 0) is 31.2 Å². The molecule has 4 aromatic heterocycles. The third-order valence-corrected chi connectivity index (χ3v) is 6.37. The van der Waals surface area contributed by atoms with Gasteiger partial charge in [0.2, 0.25) is 0 Å². The fraction of sp³-hybridized carbons (Fsp3) is 0.0800. The second-order valence-corrected chi connectivity index (χ2v) is 9.03. The zero-order valence-corrected chi connectivity index (χ0v) is 20.6. The molecular weight excluding hydrogens is 498 g/mol. The topological polar surface area (TPSA) is 127 Å². The number of carbonyl (C=O) groups excluding carboxylic acids is 1. The minimum Gasteiger partial charge on any atom is -0.494 e. The maximum atomic E-state index is 13.3. The number of thiazole rings is 1. The van der Waals surface area contributed by atoms with E-state index in [1.807, 2.05) is 25.1 Å². The summed E-state index contributed by atoms with van der Waals surface area (Å²) >= 11 is 7.18. The largest absolute Gasteiger partial charge is 0.494 e. The number of aromatic nitrogens is 5. The fourth-order valence-corrected chi connectivity index (χ4v) is 4.46. The van der Waals surface area contributed by atoms with Gasteiger partial charge in [-0.2, -0.15) is 10.2 Å². The lowest BCUT2D eigenvalue weighted by molar-refractivity contribution is 0.102. The van der Waals surface area contributed by atoms with Crippen LogP contribution < -0.4 is 10.1 Å². The van der Waals surface area contributed by atoms with Gasteiger partial charge in [-0.25, -0.2) is 15.0 Å². The quantitative estimate of drug-likeness (QED) is 0.335. The summed E-state index contributed by atoms with van der Waals surface area (Å²) in [5.41, 5.74) is 4.25. The molecule has 0 aliphatic heterocycles. The van der Waals surface area contributed by atoms with Crippen LogP contribution in [0.25, 0.3) is 32.9 Å². The molecule has 0 atom stereocenters.